The summed E-state index contributed by atoms with van der Waals surface area (Å²) in [6, 6.07) is 5.63. The van der Waals surface area contributed by atoms with E-state index in [0.717, 1.165) is 12.0 Å². The van der Waals surface area contributed by atoms with Crippen molar-refractivity contribution in [2.24, 2.45) is 16.6 Å². The fourth-order valence-electron chi connectivity index (χ4n) is 1.93. The molecule has 1 amide bonds. The van der Waals surface area contributed by atoms with Crippen LogP contribution in [0, 0.1) is 5.92 Å². The zero-order valence-corrected chi connectivity index (χ0v) is 17.6. The minimum Gasteiger partial charge on any atom is -0.493 e. The highest BCUT2D eigenvalue weighted by Crippen LogP contribution is 2.27. The summed E-state index contributed by atoms with van der Waals surface area (Å²) in [4.78, 5) is 15.7. The molecule has 142 valence electrons. The molecule has 1 aromatic carbocycles. The number of benzene rings is 1. The number of nitrogens with one attached hydrogen (secondary N) is 2. The van der Waals surface area contributed by atoms with E-state index in [4.69, 9.17) is 15.2 Å². The van der Waals surface area contributed by atoms with Gasteiger partial charge in [0.1, 0.15) is 0 Å². The molecule has 0 saturated heterocycles. The largest absolute Gasteiger partial charge is 0.493 e. The summed E-state index contributed by atoms with van der Waals surface area (Å²) in [7, 11) is 3.19. The lowest BCUT2D eigenvalue weighted by Gasteiger charge is -2.10. The van der Waals surface area contributed by atoms with E-state index < -0.39 is 0 Å². The maximum atomic E-state index is 11.4. The molecule has 0 aliphatic heterocycles. The quantitative estimate of drug-likeness (QED) is 0.225. The Morgan fingerprint density at radius 1 is 1.16 bits per heavy atom. The minimum atomic E-state index is 0. The van der Waals surface area contributed by atoms with Crippen LogP contribution in [-0.4, -0.2) is 39.2 Å². The normalized spacial score (nSPS) is 10.8. The van der Waals surface area contributed by atoms with Gasteiger partial charge in [-0.15, -0.1) is 24.0 Å². The number of ether oxygens (including phenoxy) is 2. The molecule has 25 heavy (non-hydrogen) atoms. The number of amides is 1. The molecule has 8 heteroatoms. The van der Waals surface area contributed by atoms with Gasteiger partial charge < -0.3 is 25.8 Å². The second-order valence-corrected chi connectivity index (χ2v) is 5.62. The van der Waals surface area contributed by atoms with Crippen molar-refractivity contribution in [3.05, 3.63) is 23.8 Å². The van der Waals surface area contributed by atoms with Gasteiger partial charge in [0, 0.05) is 19.0 Å². The molecule has 1 aromatic rings. The first-order chi connectivity index (χ1) is 11.5. The molecule has 0 heterocycles. The first-order valence-corrected chi connectivity index (χ1v) is 8.00. The van der Waals surface area contributed by atoms with Crippen molar-refractivity contribution in [2.45, 2.75) is 26.8 Å². The van der Waals surface area contributed by atoms with Crippen molar-refractivity contribution < 1.29 is 14.3 Å². The highest BCUT2D eigenvalue weighted by atomic mass is 127. The third kappa shape index (κ3) is 8.80. The zero-order chi connectivity index (χ0) is 17.9. The van der Waals surface area contributed by atoms with Crippen LogP contribution in [0.1, 0.15) is 25.8 Å². The number of nitrogens with zero attached hydrogens (tertiary/aromatic N) is 1. The van der Waals surface area contributed by atoms with Gasteiger partial charge in [0.2, 0.25) is 5.91 Å². The van der Waals surface area contributed by atoms with Crippen molar-refractivity contribution in [3.8, 4) is 11.5 Å². The molecule has 0 fully saturated rings. The summed E-state index contributed by atoms with van der Waals surface area (Å²) < 4.78 is 10.5. The van der Waals surface area contributed by atoms with Gasteiger partial charge in [-0.3, -0.25) is 4.79 Å². The third-order valence-electron chi connectivity index (χ3n) is 3.36. The standard InChI is InChI=1S/C17H28N4O3.HI/c1-12(2)16(22)19-8-5-9-20-17(18)21-11-13-6-7-14(23-3)15(10-13)24-4;/h6-7,10,12H,5,8-9,11H2,1-4H3,(H,19,22)(H3,18,20,21);1H. The van der Waals surface area contributed by atoms with E-state index in [1.165, 1.54) is 0 Å². The molecule has 0 saturated carbocycles. The molecule has 0 aliphatic carbocycles. The SMILES string of the molecule is COc1ccc(CN=C(N)NCCCNC(=O)C(C)C)cc1OC.I. The topological polar surface area (TPSA) is 98.0 Å². The van der Waals surface area contributed by atoms with Crippen LogP contribution in [-0.2, 0) is 11.3 Å². The van der Waals surface area contributed by atoms with E-state index in [1.54, 1.807) is 14.2 Å². The molecule has 0 aromatic heterocycles. The summed E-state index contributed by atoms with van der Waals surface area (Å²) >= 11 is 0. The molecule has 0 atom stereocenters. The Balaban J connectivity index is 0.00000576. The van der Waals surface area contributed by atoms with Gasteiger partial charge in [0.25, 0.3) is 0 Å². The summed E-state index contributed by atoms with van der Waals surface area (Å²) in [5, 5.41) is 5.88. The van der Waals surface area contributed by atoms with Gasteiger partial charge in [-0.2, -0.15) is 0 Å². The molecule has 0 unspecified atom stereocenters. The van der Waals surface area contributed by atoms with Crippen LogP contribution >= 0.6 is 24.0 Å². The number of rotatable bonds is 9. The second-order valence-electron chi connectivity index (χ2n) is 5.62. The summed E-state index contributed by atoms with van der Waals surface area (Å²) in [5.41, 5.74) is 6.81. The first-order valence-electron chi connectivity index (χ1n) is 8.00. The number of halogens is 1. The van der Waals surface area contributed by atoms with E-state index >= 15 is 0 Å². The van der Waals surface area contributed by atoms with E-state index in [-0.39, 0.29) is 35.8 Å². The average molecular weight is 464 g/mol. The number of hydrogen-bond acceptors (Lipinski definition) is 4. The fraction of sp³-hybridized carbons (Fsp3) is 0.529. The lowest BCUT2D eigenvalue weighted by molar-refractivity contribution is -0.123. The van der Waals surface area contributed by atoms with E-state index in [2.05, 4.69) is 15.6 Å². The number of hydrogen-bond donors (Lipinski definition) is 3. The number of aliphatic imine (C=N–C) groups is 1. The van der Waals surface area contributed by atoms with Crippen molar-refractivity contribution in [3.63, 3.8) is 0 Å². The first kappa shape index (κ1) is 23.3. The predicted octanol–water partition coefficient (Wildman–Crippen LogP) is 1.89. The molecule has 1 rings (SSSR count). The van der Waals surface area contributed by atoms with Crippen LogP contribution in [0.25, 0.3) is 0 Å². The van der Waals surface area contributed by atoms with Gasteiger partial charge >= 0.3 is 0 Å². The zero-order valence-electron chi connectivity index (χ0n) is 15.3. The van der Waals surface area contributed by atoms with Gasteiger partial charge in [0.15, 0.2) is 17.5 Å². The maximum Gasteiger partial charge on any atom is 0.222 e. The van der Waals surface area contributed by atoms with E-state index in [1.807, 2.05) is 32.0 Å². The van der Waals surface area contributed by atoms with Crippen LogP contribution in [0.4, 0.5) is 0 Å². The van der Waals surface area contributed by atoms with Crippen LogP contribution in [0.3, 0.4) is 0 Å². The Labute approximate surface area is 166 Å². The number of carbonyl (C=O) groups is 1. The summed E-state index contributed by atoms with van der Waals surface area (Å²) in [6.07, 6.45) is 0.783. The van der Waals surface area contributed by atoms with Crippen LogP contribution < -0.4 is 25.8 Å². The van der Waals surface area contributed by atoms with Gasteiger partial charge in [0.05, 0.1) is 20.8 Å². The number of guanidine groups is 1. The van der Waals surface area contributed by atoms with Crippen molar-refractivity contribution >= 4 is 35.8 Å². The Morgan fingerprint density at radius 2 is 1.80 bits per heavy atom. The van der Waals surface area contributed by atoms with Gasteiger partial charge in [-0.05, 0) is 24.1 Å². The number of methoxy groups -OCH3 is 2. The van der Waals surface area contributed by atoms with Crippen LogP contribution in [0.5, 0.6) is 11.5 Å². The smallest absolute Gasteiger partial charge is 0.222 e. The molecule has 0 radical (unpaired) electrons. The van der Waals surface area contributed by atoms with Crippen molar-refractivity contribution in [1.82, 2.24) is 10.6 Å². The van der Waals surface area contributed by atoms with Crippen LogP contribution in [0.2, 0.25) is 0 Å². The Hall–Kier alpha value is -1.71. The van der Waals surface area contributed by atoms with Gasteiger partial charge in [-0.25, -0.2) is 4.99 Å². The predicted molar refractivity (Wildman–Crippen MR) is 111 cm³/mol. The molecule has 4 N–H and O–H groups in total. The molecular formula is C17H29IN4O3. The maximum absolute atomic E-state index is 11.4. The summed E-state index contributed by atoms with van der Waals surface area (Å²) in [5.74, 6) is 1.79. The average Bonchev–Trinajstić information content (AvgIpc) is 2.58. The third-order valence-corrected chi connectivity index (χ3v) is 3.36. The fourth-order valence-corrected chi connectivity index (χ4v) is 1.93. The second kappa shape index (κ2) is 12.6. The Bertz CT molecular complexity index is 565. The molecule has 0 aliphatic rings. The minimum absolute atomic E-state index is 0. The van der Waals surface area contributed by atoms with E-state index in [0.29, 0.717) is 37.1 Å². The Morgan fingerprint density at radius 3 is 2.40 bits per heavy atom. The number of nitrogens with two attached hydrogens (primary N) is 1. The van der Waals surface area contributed by atoms with E-state index in [9.17, 15) is 4.79 Å². The lowest BCUT2D eigenvalue weighted by atomic mass is 10.2. The molecule has 0 spiro atoms. The highest BCUT2D eigenvalue weighted by molar-refractivity contribution is 14.0. The Kier molecular flexibility index (Phi) is 11.8. The monoisotopic (exact) mass is 464 g/mol. The number of carbonyl (C=O) groups excluding carboxylic acids is 1. The molecular weight excluding hydrogens is 435 g/mol. The molecule has 0 bridgehead atoms. The van der Waals surface area contributed by atoms with Crippen LogP contribution in [0.15, 0.2) is 23.2 Å². The lowest BCUT2D eigenvalue weighted by Crippen LogP contribution is -2.35. The van der Waals surface area contributed by atoms with Gasteiger partial charge in [-0.1, -0.05) is 19.9 Å². The molecule has 7 nitrogen and oxygen atoms in total. The highest BCUT2D eigenvalue weighted by Gasteiger charge is 2.05. The summed E-state index contributed by atoms with van der Waals surface area (Å²) in [6.45, 7) is 5.45. The van der Waals surface area contributed by atoms with Crippen molar-refractivity contribution in [1.29, 1.82) is 0 Å². The van der Waals surface area contributed by atoms with Crippen molar-refractivity contribution in [2.75, 3.05) is 27.3 Å².